The number of alkyl halides is 3. The van der Waals surface area contributed by atoms with Gasteiger partial charge in [-0.3, -0.25) is 0 Å². The normalized spacial score (nSPS) is 43.5. The molecule has 0 aliphatic heterocycles. The predicted molar refractivity (Wildman–Crippen MR) is 73.2 cm³/mol. The topological polar surface area (TPSA) is 20.2 Å². The lowest BCUT2D eigenvalue weighted by molar-refractivity contribution is -0.293. The van der Waals surface area contributed by atoms with Gasteiger partial charge in [-0.15, -0.1) is 0 Å². The zero-order chi connectivity index (χ0) is 15.0. The second kappa shape index (κ2) is 5.86. The highest BCUT2D eigenvalue weighted by atomic mass is 19.4. The predicted octanol–water partition coefficient (Wildman–Crippen LogP) is 4.93. The van der Waals surface area contributed by atoms with Crippen molar-refractivity contribution in [1.29, 1.82) is 0 Å². The summed E-state index contributed by atoms with van der Waals surface area (Å²) in [6.45, 7) is 3.73. The Balaban J connectivity index is 2.01. The molecule has 2 aliphatic rings. The van der Waals surface area contributed by atoms with E-state index in [2.05, 4.69) is 6.92 Å². The molecule has 1 nitrogen and oxygen atoms in total. The van der Waals surface area contributed by atoms with Crippen molar-refractivity contribution < 1.29 is 18.3 Å². The molecule has 4 heteroatoms. The third kappa shape index (κ3) is 3.00. The molecule has 3 atom stereocenters. The average molecular weight is 292 g/mol. The van der Waals surface area contributed by atoms with Crippen LogP contribution in [0.4, 0.5) is 13.2 Å². The summed E-state index contributed by atoms with van der Waals surface area (Å²) in [6.07, 6.45) is 2.34. The lowest BCUT2D eigenvalue weighted by atomic mass is 9.64. The summed E-state index contributed by atoms with van der Waals surface area (Å²) in [5.41, 5.74) is -2.46. The molecular weight excluding hydrogens is 265 g/mol. The summed E-state index contributed by atoms with van der Waals surface area (Å²) in [5.74, 6) is 0.524. The summed E-state index contributed by atoms with van der Waals surface area (Å²) in [4.78, 5) is 0. The number of hydrogen-bond donors (Lipinski definition) is 1. The highest BCUT2D eigenvalue weighted by Crippen LogP contribution is 2.50. The highest BCUT2D eigenvalue weighted by Gasteiger charge is 2.59. The van der Waals surface area contributed by atoms with Gasteiger partial charge < -0.3 is 5.11 Å². The molecule has 0 saturated heterocycles. The van der Waals surface area contributed by atoms with E-state index < -0.39 is 17.7 Å². The van der Waals surface area contributed by atoms with Gasteiger partial charge in [-0.25, -0.2) is 0 Å². The third-order valence-corrected chi connectivity index (χ3v) is 5.99. The first kappa shape index (κ1) is 16.1. The maximum Gasteiger partial charge on any atom is 0.417 e. The monoisotopic (exact) mass is 292 g/mol. The van der Waals surface area contributed by atoms with Crippen LogP contribution < -0.4 is 0 Å². The molecule has 2 fully saturated rings. The van der Waals surface area contributed by atoms with Crippen molar-refractivity contribution in [2.75, 3.05) is 0 Å². The first-order valence-corrected chi connectivity index (χ1v) is 8.07. The van der Waals surface area contributed by atoms with E-state index in [-0.39, 0.29) is 12.3 Å². The third-order valence-electron chi connectivity index (χ3n) is 5.99. The number of hydrogen-bond acceptors (Lipinski definition) is 1. The van der Waals surface area contributed by atoms with E-state index >= 15 is 0 Å². The summed E-state index contributed by atoms with van der Waals surface area (Å²) in [6, 6.07) is 0. The van der Waals surface area contributed by atoms with Crippen LogP contribution in [0.5, 0.6) is 0 Å². The van der Waals surface area contributed by atoms with Crippen molar-refractivity contribution in [2.45, 2.75) is 77.0 Å². The lowest BCUT2D eigenvalue weighted by Gasteiger charge is -2.46. The second-order valence-corrected chi connectivity index (χ2v) is 7.05. The van der Waals surface area contributed by atoms with E-state index in [4.69, 9.17) is 0 Å². The van der Waals surface area contributed by atoms with Crippen LogP contribution in [0.2, 0.25) is 0 Å². The Kier molecular flexibility index (Phi) is 4.73. The quantitative estimate of drug-likeness (QED) is 0.765. The standard InChI is InChI=1S/C16H27F3O/c1-3-12-5-8-13(9-6-12)14-7-4-11(2)15(20,10-14)16(17,18)19/h11-14,20H,3-10H2,1-2H3. The fraction of sp³-hybridized carbons (Fsp3) is 1.00. The van der Waals surface area contributed by atoms with E-state index in [0.29, 0.717) is 12.3 Å². The zero-order valence-corrected chi connectivity index (χ0v) is 12.5. The van der Waals surface area contributed by atoms with Crippen LogP contribution in [-0.2, 0) is 0 Å². The first-order valence-electron chi connectivity index (χ1n) is 8.07. The molecule has 0 radical (unpaired) electrons. The summed E-state index contributed by atoms with van der Waals surface area (Å²) >= 11 is 0. The Labute approximate surface area is 119 Å². The summed E-state index contributed by atoms with van der Waals surface area (Å²) in [5, 5.41) is 10.2. The zero-order valence-electron chi connectivity index (χ0n) is 12.5. The van der Waals surface area contributed by atoms with Gasteiger partial charge in [0.15, 0.2) is 5.60 Å². The summed E-state index contributed by atoms with van der Waals surface area (Å²) in [7, 11) is 0. The van der Waals surface area contributed by atoms with Crippen molar-refractivity contribution in [1.82, 2.24) is 0 Å². The van der Waals surface area contributed by atoms with Gasteiger partial charge >= 0.3 is 6.18 Å². The van der Waals surface area contributed by atoms with E-state index in [1.807, 2.05) is 0 Å². The first-order chi connectivity index (χ1) is 9.28. The summed E-state index contributed by atoms with van der Waals surface area (Å²) < 4.78 is 39.5. The van der Waals surface area contributed by atoms with Crippen LogP contribution in [-0.4, -0.2) is 16.9 Å². The van der Waals surface area contributed by atoms with Gasteiger partial charge in [0, 0.05) is 0 Å². The highest BCUT2D eigenvalue weighted by molar-refractivity contribution is 4.98. The minimum atomic E-state index is -4.49. The fourth-order valence-electron chi connectivity index (χ4n) is 4.27. The minimum absolute atomic E-state index is 0.0515. The van der Waals surface area contributed by atoms with Crippen molar-refractivity contribution in [3.8, 4) is 0 Å². The van der Waals surface area contributed by atoms with Crippen molar-refractivity contribution >= 4 is 0 Å². The molecule has 0 spiro atoms. The molecule has 0 heterocycles. The van der Waals surface area contributed by atoms with Crippen LogP contribution in [0.25, 0.3) is 0 Å². The Morgan fingerprint density at radius 2 is 1.55 bits per heavy atom. The van der Waals surface area contributed by atoms with E-state index in [9.17, 15) is 18.3 Å². The second-order valence-electron chi connectivity index (χ2n) is 7.05. The number of aliphatic hydroxyl groups is 1. The number of rotatable bonds is 2. The molecule has 20 heavy (non-hydrogen) atoms. The lowest BCUT2D eigenvalue weighted by Crippen LogP contribution is -2.54. The molecule has 118 valence electrons. The smallest absolute Gasteiger partial charge is 0.380 e. The van der Waals surface area contributed by atoms with Gasteiger partial charge in [-0.05, 0) is 55.8 Å². The maximum atomic E-state index is 13.2. The molecule has 2 rings (SSSR count). The van der Waals surface area contributed by atoms with E-state index in [1.54, 1.807) is 0 Å². The fourth-order valence-corrected chi connectivity index (χ4v) is 4.27. The Morgan fingerprint density at radius 3 is 2.05 bits per heavy atom. The molecule has 0 bridgehead atoms. The Bertz CT molecular complexity index is 320. The van der Waals surface area contributed by atoms with E-state index in [1.165, 1.54) is 13.3 Å². The molecule has 0 aromatic heterocycles. The van der Waals surface area contributed by atoms with Gasteiger partial charge in [-0.1, -0.05) is 33.1 Å². The van der Waals surface area contributed by atoms with Crippen LogP contribution in [0.15, 0.2) is 0 Å². The molecule has 0 aromatic carbocycles. The number of halogens is 3. The van der Waals surface area contributed by atoms with Gasteiger partial charge in [0.2, 0.25) is 0 Å². The molecule has 0 aromatic rings. The average Bonchev–Trinajstić information content (AvgIpc) is 2.41. The van der Waals surface area contributed by atoms with Crippen LogP contribution in [0, 0.1) is 23.7 Å². The van der Waals surface area contributed by atoms with Crippen molar-refractivity contribution in [3.05, 3.63) is 0 Å². The molecule has 2 aliphatic carbocycles. The van der Waals surface area contributed by atoms with Crippen LogP contribution >= 0.6 is 0 Å². The minimum Gasteiger partial charge on any atom is -0.380 e. The Morgan fingerprint density at radius 1 is 1.00 bits per heavy atom. The van der Waals surface area contributed by atoms with Gasteiger partial charge in [-0.2, -0.15) is 13.2 Å². The molecule has 1 N–H and O–H groups in total. The molecule has 0 amide bonds. The SMILES string of the molecule is CCC1CCC(C2CCC(C)C(O)(C(F)(F)F)C2)CC1. The molecular formula is C16H27F3O. The van der Waals surface area contributed by atoms with Crippen molar-refractivity contribution in [2.24, 2.45) is 23.7 Å². The van der Waals surface area contributed by atoms with Gasteiger partial charge in [0.05, 0.1) is 0 Å². The van der Waals surface area contributed by atoms with Gasteiger partial charge in [0.25, 0.3) is 0 Å². The molecule has 3 unspecified atom stereocenters. The van der Waals surface area contributed by atoms with Crippen LogP contribution in [0.3, 0.4) is 0 Å². The maximum absolute atomic E-state index is 13.2. The Hall–Kier alpha value is -0.250. The van der Waals surface area contributed by atoms with Crippen molar-refractivity contribution in [3.63, 3.8) is 0 Å². The van der Waals surface area contributed by atoms with E-state index in [0.717, 1.165) is 38.0 Å². The molecule has 2 saturated carbocycles. The van der Waals surface area contributed by atoms with Gasteiger partial charge in [0.1, 0.15) is 0 Å². The largest absolute Gasteiger partial charge is 0.417 e. The van der Waals surface area contributed by atoms with Crippen LogP contribution in [0.1, 0.15) is 65.2 Å².